The lowest BCUT2D eigenvalue weighted by atomic mass is 9.80. The van der Waals surface area contributed by atoms with Crippen LogP contribution in [0.1, 0.15) is 38.7 Å². The molecule has 0 bridgehead atoms. The first-order chi connectivity index (χ1) is 12.8. The van der Waals surface area contributed by atoms with Crippen LogP contribution in [0.2, 0.25) is 0 Å². The second-order valence-electron chi connectivity index (χ2n) is 7.69. The molecule has 1 aromatic carbocycles. The van der Waals surface area contributed by atoms with Gasteiger partial charge in [0.05, 0.1) is 5.69 Å². The van der Waals surface area contributed by atoms with E-state index < -0.39 is 0 Å². The summed E-state index contributed by atoms with van der Waals surface area (Å²) >= 11 is 0. The van der Waals surface area contributed by atoms with Gasteiger partial charge >= 0.3 is 0 Å². The van der Waals surface area contributed by atoms with Gasteiger partial charge in [0.2, 0.25) is 0 Å². The Hall–Kier alpha value is -1.76. The van der Waals surface area contributed by atoms with Crippen molar-refractivity contribution in [1.82, 2.24) is 30.5 Å². The summed E-state index contributed by atoms with van der Waals surface area (Å²) in [5, 5.41) is 4.19. The number of benzene rings is 1. The fraction of sp³-hybridized carbons (Fsp3) is 0.600. The molecule has 0 saturated carbocycles. The number of likely N-dealkylation sites (tertiary alicyclic amines) is 1. The molecular formula is C20H30N6. The van der Waals surface area contributed by atoms with E-state index in [2.05, 4.69) is 63.9 Å². The minimum atomic E-state index is 0.604. The number of nitrogens with one attached hydrogen (secondary N) is 2. The summed E-state index contributed by atoms with van der Waals surface area (Å²) in [6, 6.07) is 9.92. The lowest BCUT2D eigenvalue weighted by molar-refractivity contribution is 0.133. The Morgan fingerprint density at radius 3 is 2.65 bits per heavy atom. The van der Waals surface area contributed by atoms with E-state index in [0.29, 0.717) is 18.0 Å². The quantitative estimate of drug-likeness (QED) is 0.834. The van der Waals surface area contributed by atoms with Gasteiger partial charge in [-0.15, -0.1) is 0 Å². The highest BCUT2D eigenvalue weighted by Crippen LogP contribution is 2.31. The fourth-order valence-corrected chi connectivity index (χ4v) is 4.67. The summed E-state index contributed by atoms with van der Waals surface area (Å²) in [6.45, 7) is 8.00. The van der Waals surface area contributed by atoms with E-state index in [0.717, 1.165) is 24.7 Å². The molecule has 2 aliphatic rings. The van der Waals surface area contributed by atoms with Crippen molar-refractivity contribution in [2.24, 2.45) is 11.8 Å². The lowest BCUT2D eigenvalue weighted by Gasteiger charge is -2.37. The zero-order valence-corrected chi connectivity index (χ0v) is 15.8. The van der Waals surface area contributed by atoms with Crippen molar-refractivity contribution in [3.8, 4) is 5.69 Å². The second-order valence-corrected chi connectivity index (χ2v) is 7.69. The van der Waals surface area contributed by atoms with Crippen LogP contribution in [0.25, 0.3) is 5.69 Å². The Kier molecular flexibility index (Phi) is 5.33. The van der Waals surface area contributed by atoms with Crippen molar-refractivity contribution >= 4 is 0 Å². The smallest absolute Gasteiger partial charge is 0.138 e. The first kappa shape index (κ1) is 17.6. The normalized spacial score (nSPS) is 26.3. The van der Waals surface area contributed by atoms with E-state index >= 15 is 0 Å². The van der Waals surface area contributed by atoms with Crippen molar-refractivity contribution in [2.75, 3.05) is 13.1 Å². The highest BCUT2D eigenvalue weighted by atomic mass is 15.4. The molecule has 0 aliphatic carbocycles. The molecule has 0 radical (unpaired) electrons. The molecular weight excluding hydrogens is 324 g/mol. The molecule has 26 heavy (non-hydrogen) atoms. The summed E-state index contributed by atoms with van der Waals surface area (Å²) in [5.74, 6) is 1.47. The summed E-state index contributed by atoms with van der Waals surface area (Å²) in [7, 11) is 0. The van der Waals surface area contributed by atoms with Gasteiger partial charge in [-0.1, -0.05) is 38.8 Å². The zero-order chi connectivity index (χ0) is 17.9. The van der Waals surface area contributed by atoms with E-state index in [-0.39, 0.29) is 0 Å². The van der Waals surface area contributed by atoms with Crippen molar-refractivity contribution in [3.63, 3.8) is 0 Å². The van der Waals surface area contributed by atoms with Gasteiger partial charge in [-0.3, -0.25) is 15.8 Å². The third-order valence-corrected chi connectivity index (χ3v) is 6.22. The fourth-order valence-electron chi connectivity index (χ4n) is 4.67. The average Bonchev–Trinajstić information content (AvgIpc) is 3.34. The van der Waals surface area contributed by atoms with Gasteiger partial charge in [0.25, 0.3) is 0 Å². The number of hydrazine groups is 1. The molecule has 2 aromatic rings. The standard InChI is InChI=1S/C20H30N6/c1-3-16(4-2)20-18-12-25(10-9-19(18)23-24-20)11-15-5-7-17(8-6-15)26-14-21-13-22-26/h5-8,13-14,16,18-20,23-24H,3-4,9-12H2,1-2H3. The second kappa shape index (κ2) is 7.86. The lowest BCUT2D eigenvalue weighted by Crippen LogP contribution is -2.47. The van der Waals surface area contributed by atoms with Crippen LogP contribution in [0.3, 0.4) is 0 Å². The minimum Gasteiger partial charge on any atom is -0.299 e. The molecule has 2 N–H and O–H groups in total. The van der Waals surface area contributed by atoms with Crippen LogP contribution in [-0.2, 0) is 6.54 Å². The Labute approximate surface area is 156 Å². The largest absolute Gasteiger partial charge is 0.299 e. The number of fused-ring (bicyclic) bond motifs is 1. The molecule has 3 unspecified atom stereocenters. The van der Waals surface area contributed by atoms with Crippen molar-refractivity contribution in [2.45, 2.75) is 51.7 Å². The molecule has 0 spiro atoms. The predicted molar refractivity (Wildman–Crippen MR) is 103 cm³/mol. The molecule has 3 atom stereocenters. The van der Waals surface area contributed by atoms with Gasteiger partial charge in [0.1, 0.15) is 12.7 Å². The maximum Gasteiger partial charge on any atom is 0.138 e. The van der Waals surface area contributed by atoms with Crippen LogP contribution in [0.15, 0.2) is 36.9 Å². The monoisotopic (exact) mass is 354 g/mol. The van der Waals surface area contributed by atoms with Crippen LogP contribution >= 0.6 is 0 Å². The molecule has 2 saturated heterocycles. The summed E-state index contributed by atoms with van der Waals surface area (Å²) in [4.78, 5) is 6.63. The third-order valence-electron chi connectivity index (χ3n) is 6.22. The van der Waals surface area contributed by atoms with Crippen LogP contribution in [0.4, 0.5) is 0 Å². The van der Waals surface area contributed by atoms with E-state index in [1.165, 1.54) is 31.4 Å². The van der Waals surface area contributed by atoms with Crippen LogP contribution in [-0.4, -0.2) is 44.8 Å². The Morgan fingerprint density at radius 2 is 1.96 bits per heavy atom. The van der Waals surface area contributed by atoms with Crippen molar-refractivity contribution in [3.05, 3.63) is 42.5 Å². The molecule has 6 nitrogen and oxygen atoms in total. The van der Waals surface area contributed by atoms with Gasteiger partial charge in [0, 0.05) is 37.6 Å². The number of hydrogen-bond acceptors (Lipinski definition) is 5. The van der Waals surface area contributed by atoms with E-state index in [9.17, 15) is 0 Å². The Balaban J connectivity index is 1.40. The topological polar surface area (TPSA) is 58.0 Å². The summed E-state index contributed by atoms with van der Waals surface area (Å²) in [5.41, 5.74) is 9.61. The van der Waals surface area contributed by atoms with Gasteiger partial charge in [0.15, 0.2) is 0 Å². The number of hydrogen-bond donors (Lipinski definition) is 2. The van der Waals surface area contributed by atoms with Gasteiger partial charge in [-0.2, -0.15) is 5.10 Å². The summed E-state index contributed by atoms with van der Waals surface area (Å²) < 4.78 is 1.80. The van der Waals surface area contributed by atoms with E-state index in [1.807, 2.05) is 0 Å². The molecule has 1 aromatic heterocycles. The van der Waals surface area contributed by atoms with Crippen LogP contribution in [0.5, 0.6) is 0 Å². The molecule has 3 heterocycles. The van der Waals surface area contributed by atoms with E-state index in [1.54, 1.807) is 17.3 Å². The van der Waals surface area contributed by atoms with Crippen LogP contribution in [0, 0.1) is 11.8 Å². The highest BCUT2D eigenvalue weighted by Gasteiger charge is 2.41. The van der Waals surface area contributed by atoms with Crippen molar-refractivity contribution in [1.29, 1.82) is 0 Å². The molecule has 2 fully saturated rings. The Bertz CT molecular complexity index is 679. The predicted octanol–water partition coefficient (Wildman–Crippen LogP) is 2.37. The maximum atomic E-state index is 4.19. The van der Waals surface area contributed by atoms with E-state index in [4.69, 9.17) is 0 Å². The number of aromatic nitrogens is 3. The molecule has 140 valence electrons. The molecule has 0 amide bonds. The van der Waals surface area contributed by atoms with Gasteiger partial charge in [-0.25, -0.2) is 9.67 Å². The van der Waals surface area contributed by atoms with Gasteiger partial charge < -0.3 is 0 Å². The summed E-state index contributed by atoms with van der Waals surface area (Å²) in [6.07, 6.45) is 7.03. The maximum absolute atomic E-state index is 4.19. The molecule has 6 heteroatoms. The minimum absolute atomic E-state index is 0.604. The molecule has 4 rings (SSSR count). The number of nitrogens with zero attached hydrogens (tertiary/aromatic N) is 4. The number of rotatable bonds is 6. The van der Waals surface area contributed by atoms with Crippen LogP contribution < -0.4 is 10.9 Å². The highest BCUT2D eigenvalue weighted by molar-refractivity contribution is 5.33. The molecule has 2 aliphatic heterocycles. The first-order valence-electron chi connectivity index (χ1n) is 9.95. The average molecular weight is 355 g/mol. The third kappa shape index (κ3) is 3.54. The SMILES string of the molecule is CCC(CC)C1NNC2CCN(Cc3ccc(-n4cncn4)cc3)CC21. The zero-order valence-electron chi connectivity index (χ0n) is 15.8. The van der Waals surface area contributed by atoms with Crippen molar-refractivity contribution < 1.29 is 0 Å². The number of piperidine rings is 1. The first-order valence-corrected chi connectivity index (χ1v) is 9.95. The van der Waals surface area contributed by atoms with Gasteiger partial charge in [-0.05, 0) is 30.0 Å². The Morgan fingerprint density at radius 1 is 1.15 bits per heavy atom.